The Bertz CT molecular complexity index is 273. The van der Waals surface area contributed by atoms with E-state index >= 15 is 0 Å². The van der Waals surface area contributed by atoms with Crippen molar-refractivity contribution in [1.29, 1.82) is 0 Å². The number of hydrogen-bond acceptors (Lipinski definition) is 1. The molecule has 0 aromatic heterocycles. The van der Waals surface area contributed by atoms with Gasteiger partial charge < -0.3 is 5.11 Å². The smallest absolute Gasteiger partial charge is 0.123 e. The van der Waals surface area contributed by atoms with Crippen LogP contribution in [0.15, 0.2) is 18.2 Å². The lowest BCUT2D eigenvalue weighted by molar-refractivity contribution is 0.141. The third kappa shape index (κ3) is 1.80. The van der Waals surface area contributed by atoms with Gasteiger partial charge in [-0.3, -0.25) is 0 Å². The summed E-state index contributed by atoms with van der Waals surface area (Å²) in [4.78, 5) is 0. The number of rotatable bonds is 2. The number of benzene rings is 1. The second kappa shape index (κ2) is 3.63. The molecule has 1 aromatic rings. The van der Waals surface area contributed by atoms with Crippen molar-refractivity contribution in [2.24, 2.45) is 0 Å². The van der Waals surface area contributed by atoms with Gasteiger partial charge in [-0.25, -0.2) is 8.78 Å². The zero-order valence-electron chi connectivity index (χ0n) is 6.72. The molecule has 1 aromatic carbocycles. The monoisotopic (exact) mass is 172 g/mol. The van der Waals surface area contributed by atoms with Crippen molar-refractivity contribution < 1.29 is 13.9 Å². The van der Waals surface area contributed by atoms with Crippen molar-refractivity contribution >= 4 is 0 Å². The molecule has 0 aliphatic heterocycles. The molecule has 0 amide bonds. The third-order valence-corrected chi connectivity index (χ3v) is 1.75. The normalized spacial score (nSPS) is 13.0. The quantitative estimate of drug-likeness (QED) is 0.724. The van der Waals surface area contributed by atoms with E-state index in [1.807, 2.05) is 0 Å². The highest BCUT2D eigenvalue weighted by Crippen LogP contribution is 2.18. The first-order valence-electron chi connectivity index (χ1n) is 3.65. The molecular weight excluding hydrogens is 162 g/mol. The van der Waals surface area contributed by atoms with Crippen LogP contribution in [0.2, 0.25) is 0 Å². The van der Waals surface area contributed by atoms with Gasteiger partial charge in [-0.1, -0.05) is 6.07 Å². The Morgan fingerprint density at radius 3 is 2.75 bits per heavy atom. The molecule has 12 heavy (non-hydrogen) atoms. The van der Waals surface area contributed by atoms with Crippen LogP contribution in [-0.4, -0.2) is 11.8 Å². The average Bonchev–Trinajstić information content (AvgIpc) is 2.08. The maximum Gasteiger partial charge on any atom is 0.123 e. The minimum absolute atomic E-state index is 0.317. The fourth-order valence-corrected chi connectivity index (χ4v) is 1.05. The summed E-state index contributed by atoms with van der Waals surface area (Å²) in [6.07, 6.45) is -1.21. The van der Waals surface area contributed by atoms with Crippen LogP contribution in [0.5, 0.6) is 0 Å². The molecule has 0 saturated heterocycles. The Morgan fingerprint density at radius 2 is 2.17 bits per heavy atom. The van der Waals surface area contributed by atoms with Gasteiger partial charge in [0.2, 0.25) is 0 Å². The maximum absolute atomic E-state index is 12.6. The number of hydrogen-bond donors (Lipinski definition) is 1. The Balaban J connectivity index is 3.04. The number of aliphatic hydroxyl groups is 1. The highest BCUT2D eigenvalue weighted by atomic mass is 19.1. The van der Waals surface area contributed by atoms with Crippen LogP contribution >= 0.6 is 0 Å². The number of halogens is 2. The Hall–Kier alpha value is -0.960. The zero-order chi connectivity index (χ0) is 9.14. The first-order valence-corrected chi connectivity index (χ1v) is 3.65. The minimum Gasteiger partial charge on any atom is -0.386 e. The van der Waals surface area contributed by atoms with Crippen LogP contribution in [-0.2, 0) is 0 Å². The maximum atomic E-state index is 12.6. The van der Waals surface area contributed by atoms with Gasteiger partial charge in [-0.15, -0.1) is 0 Å². The highest BCUT2D eigenvalue weighted by Gasteiger charge is 2.10. The standard InChI is InChI=1S/C9H10F2O/c1-6-2-3-7(11)4-8(6)9(12)5-10/h2-4,9,12H,5H2,1H3/t9-/m0/s1. The molecule has 1 atom stereocenters. The van der Waals surface area contributed by atoms with Gasteiger partial charge in [0.15, 0.2) is 0 Å². The lowest BCUT2D eigenvalue weighted by atomic mass is 10.0. The third-order valence-electron chi connectivity index (χ3n) is 1.75. The van der Waals surface area contributed by atoms with Gasteiger partial charge in [-0.2, -0.15) is 0 Å². The first kappa shape index (κ1) is 9.13. The molecule has 66 valence electrons. The Morgan fingerprint density at radius 1 is 1.50 bits per heavy atom. The van der Waals surface area contributed by atoms with E-state index in [9.17, 15) is 8.78 Å². The number of aliphatic hydroxyl groups excluding tert-OH is 1. The van der Waals surface area contributed by atoms with E-state index in [1.54, 1.807) is 6.92 Å². The van der Waals surface area contributed by atoms with Gasteiger partial charge >= 0.3 is 0 Å². The van der Waals surface area contributed by atoms with Gasteiger partial charge in [0.25, 0.3) is 0 Å². The molecule has 1 rings (SSSR count). The molecule has 1 N–H and O–H groups in total. The van der Waals surface area contributed by atoms with Gasteiger partial charge in [0.1, 0.15) is 18.6 Å². The Kier molecular flexibility index (Phi) is 2.76. The molecule has 0 heterocycles. The van der Waals surface area contributed by atoms with Gasteiger partial charge in [0, 0.05) is 0 Å². The SMILES string of the molecule is Cc1ccc(F)cc1[C@@H](O)CF. The summed E-state index contributed by atoms with van der Waals surface area (Å²) in [5.74, 6) is -0.455. The summed E-state index contributed by atoms with van der Waals surface area (Å²) in [5, 5.41) is 9.09. The van der Waals surface area contributed by atoms with E-state index in [0.29, 0.717) is 11.1 Å². The molecule has 0 fully saturated rings. The van der Waals surface area contributed by atoms with Crippen LogP contribution in [0, 0.1) is 12.7 Å². The lowest BCUT2D eigenvalue weighted by Crippen LogP contribution is -2.02. The predicted octanol–water partition coefficient (Wildman–Crippen LogP) is 2.14. The van der Waals surface area contributed by atoms with E-state index < -0.39 is 18.6 Å². The van der Waals surface area contributed by atoms with Crippen molar-refractivity contribution in [3.63, 3.8) is 0 Å². The fourth-order valence-electron chi connectivity index (χ4n) is 1.05. The molecule has 0 saturated carbocycles. The van der Waals surface area contributed by atoms with Crippen molar-refractivity contribution in [1.82, 2.24) is 0 Å². The second-order valence-electron chi connectivity index (χ2n) is 2.67. The summed E-state index contributed by atoms with van der Waals surface area (Å²) < 4.78 is 24.6. The minimum atomic E-state index is -1.21. The fraction of sp³-hybridized carbons (Fsp3) is 0.333. The Labute approximate surface area is 69.7 Å². The molecule has 0 spiro atoms. The zero-order valence-corrected chi connectivity index (χ0v) is 6.72. The summed E-state index contributed by atoms with van der Waals surface area (Å²) in [6, 6.07) is 3.95. The largest absolute Gasteiger partial charge is 0.386 e. The number of aryl methyl sites for hydroxylation is 1. The first-order chi connectivity index (χ1) is 5.65. The molecule has 0 unspecified atom stereocenters. The van der Waals surface area contributed by atoms with Gasteiger partial charge in [-0.05, 0) is 30.2 Å². The summed E-state index contributed by atoms with van der Waals surface area (Å²) >= 11 is 0. The molecule has 1 nitrogen and oxygen atoms in total. The van der Waals surface area contributed by atoms with Crippen LogP contribution in [0.3, 0.4) is 0 Å². The van der Waals surface area contributed by atoms with E-state index in [1.165, 1.54) is 12.1 Å². The van der Waals surface area contributed by atoms with Crippen LogP contribution < -0.4 is 0 Å². The van der Waals surface area contributed by atoms with Crippen LogP contribution in [0.25, 0.3) is 0 Å². The molecule has 0 radical (unpaired) electrons. The van der Waals surface area contributed by atoms with Crippen molar-refractivity contribution in [3.8, 4) is 0 Å². The van der Waals surface area contributed by atoms with Crippen molar-refractivity contribution in [2.75, 3.05) is 6.67 Å². The van der Waals surface area contributed by atoms with Gasteiger partial charge in [0.05, 0.1) is 0 Å². The van der Waals surface area contributed by atoms with Crippen molar-refractivity contribution in [2.45, 2.75) is 13.0 Å². The second-order valence-corrected chi connectivity index (χ2v) is 2.67. The van der Waals surface area contributed by atoms with Crippen LogP contribution in [0.4, 0.5) is 8.78 Å². The topological polar surface area (TPSA) is 20.2 Å². The van der Waals surface area contributed by atoms with E-state index in [-0.39, 0.29) is 0 Å². The molecule has 0 bridgehead atoms. The molecule has 3 heteroatoms. The summed E-state index contributed by atoms with van der Waals surface area (Å²) in [7, 11) is 0. The lowest BCUT2D eigenvalue weighted by Gasteiger charge is -2.09. The summed E-state index contributed by atoms with van der Waals surface area (Å²) in [5.41, 5.74) is 1.01. The van der Waals surface area contributed by atoms with E-state index in [4.69, 9.17) is 5.11 Å². The number of alkyl halides is 1. The summed E-state index contributed by atoms with van der Waals surface area (Å²) in [6.45, 7) is 0.817. The highest BCUT2D eigenvalue weighted by molar-refractivity contribution is 5.28. The molecule has 0 aliphatic carbocycles. The predicted molar refractivity (Wildman–Crippen MR) is 42.1 cm³/mol. The molecular formula is C9H10F2O. The van der Waals surface area contributed by atoms with E-state index in [0.717, 1.165) is 6.07 Å². The van der Waals surface area contributed by atoms with Crippen molar-refractivity contribution in [3.05, 3.63) is 35.1 Å². The average molecular weight is 172 g/mol. The van der Waals surface area contributed by atoms with E-state index in [2.05, 4.69) is 0 Å². The molecule has 0 aliphatic rings. The van der Waals surface area contributed by atoms with Crippen LogP contribution in [0.1, 0.15) is 17.2 Å².